The molecule has 2 fully saturated rings. The quantitative estimate of drug-likeness (QED) is 0.584. The number of hydrogen-bond acceptors (Lipinski definition) is 6. The molecule has 2 aliphatic heterocycles. The maximum atomic E-state index is 13.3. The van der Waals surface area contributed by atoms with Gasteiger partial charge in [0.1, 0.15) is 5.25 Å². The molecule has 0 aromatic heterocycles. The first-order valence-electron chi connectivity index (χ1n) is 11.5. The van der Waals surface area contributed by atoms with E-state index < -0.39 is 5.25 Å². The second kappa shape index (κ2) is 11.8. The summed E-state index contributed by atoms with van der Waals surface area (Å²) >= 11 is 7.53. The van der Waals surface area contributed by atoms with Crippen LogP contribution in [0.25, 0.3) is 0 Å². The fraction of sp³-hybridized carbons (Fsp3) is 0.400. The number of para-hydroxylation sites is 1. The number of rotatable bonds is 8. The number of nitrogens with one attached hydrogen (secondary N) is 1. The standard InChI is InChI=1S/C25H29ClN4O3S/c1-18-20(26)9-5-10-21(18)28-23(31)17-22-24(32)30(12-6-11-29-13-15-33-16-14-29)25(34-22)27-19-7-3-2-4-8-19/h2-5,7-10,22H,6,11-17H2,1H3,(H,28,31). The summed E-state index contributed by atoms with van der Waals surface area (Å²) in [5, 5.41) is 3.63. The molecule has 1 atom stereocenters. The Hall–Kier alpha value is -2.39. The molecule has 2 heterocycles. The van der Waals surface area contributed by atoms with E-state index in [0.717, 1.165) is 50.5 Å². The van der Waals surface area contributed by atoms with Crippen LogP contribution in [-0.4, -0.2) is 71.4 Å². The van der Waals surface area contributed by atoms with Gasteiger partial charge in [-0.25, -0.2) is 4.99 Å². The molecule has 7 nitrogen and oxygen atoms in total. The molecule has 2 aromatic rings. The average Bonchev–Trinajstić information content (AvgIpc) is 3.12. The summed E-state index contributed by atoms with van der Waals surface area (Å²) < 4.78 is 5.41. The highest BCUT2D eigenvalue weighted by Crippen LogP contribution is 2.32. The summed E-state index contributed by atoms with van der Waals surface area (Å²) in [4.78, 5) is 34.9. The molecule has 2 amide bonds. The van der Waals surface area contributed by atoms with Crippen molar-refractivity contribution < 1.29 is 14.3 Å². The molecule has 1 unspecified atom stereocenters. The summed E-state index contributed by atoms with van der Waals surface area (Å²) in [6.45, 7) is 6.66. The van der Waals surface area contributed by atoms with E-state index in [1.54, 1.807) is 17.0 Å². The highest BCUT2D eigenvalue weighted by molar-refractivity contribution is 8.15. The van der Waals surface area contributed by atoms with E-state index in [0.29, 0.717) is 22.4 Å². The molecule has 1 N–H and O–H groups in total. The summed E-state index contributed by atoms with van der Waals surface area (Å²) in [6.07, 6.45) is 0.907. The number of nitrogens with zero attached hydrogens (tertiary/aromatic N) is 3. The molecular formula is C25H29ClN4O3S. The van der Waals surface area contributed by atoms with Crippen molar-refractivity contribution in [3.8, 4) is 0 Å². The third-order valence-electron chi connectivity index (χ3n) is 5.87. The smallest absolute Gasteiger partial charge is 0.242 e. The van der Waals surface area contributed by atoms with Gasteiger partial charge in [0, 0.05) is 43.3 Å². The fourth-order valence-electron chi connectivity index (χ4n) is 3.93. The number of anilines is 1. The third-order valence-corrected chi connectivity index (χ3v) is 7.46. The Bertz CT molecular complexity index is 1040. The SMILES string of the molecule is Cc1c(Cl)cccc1NC(=O)CC1SC(=Nc2ccccc2)N(CCCN2CCOCC2)C1=O. The molecule has 2 aliphatic rings. The molecule has 9 heteroatoms. The van der Waals surface area contributed by atoms with Gasteiger partial charge in [0.15, 0.2) is 5.17 Å². The van der Waals surface area contributed by atoms with E-state index in [2.05, 4.69) is 10.2 Å². The number of benzene rings is 2. The van der Waals surface area contributed by atoms with Gasteiger partial charge < -0.3 is 10.1 Å². The van der Waals surface area contributed by atoms with Crippen molar-refractivity contribution in [2.45, 2.75) is 25.0 Å². The minimum absolute atomic E-state index is 0.0698. The number of carbonyl (C=O) groups excluding carboxylic acids is 2. The van der Waals surface area contributed by atoms with Crippen molar-refractivity contribution in [2.75, 3.05) is 44.7 Å². The minimum Gasteiger partial charge on any atom is -0.379 e. The van der Waals surface area contributed by atoms with Gasteiger partial charge in [-0.3, -0.25) is 19.4 Å². The van der Waals surface area contributed by atoms with Crippen LogP contribution in [0, 0.1) is 6.92 Å². The number of amides is 2. The zero-order chi connectivity index (χ0) is 23.9. The molecule has 2 saturated heterocycles. The number of carbonyl (C=O) groups is 2. The summed E-state index contributed by atoms with van der Waals surface area (Å²) in [7, 11) is 0. The van der Waals surface area contributed by atoms with Crippen molar-refractivity contribution >= 4 is 51.7 Å². The van der Waals surface area contributed by atoms with Gasteiger partial charge >= 0.3 is 0 Å². The number of halogens is 1. The van der Waals surface area contributed by atoms with E-state index in [-0.39, 0.29) is 18.2 Å². The predicted molar refractivity (Wildman–Crippen MR) is 138 cm³/mol. The predicted octanol–water partition coefficient (Wildman–Crippen LogP) is 4.33. The van der Waals surface area contributed by atoms with Crippen LogP contribution < -0.4 is 5.32 Å². The van der Waals surface area contributed by atoms with Gasteiger partial charge in [0.25, 0.3) is 0 Å². The van der Waals surface area contributed by atoms with Crippen molar-refractivity contribution in [1.29, 1.82) is 0 Å². The van der Waals surface area contributed by atoms with Gasteiger partial charge in [-0.1, -0.05) is 47.6 Å². The zero-order valence-electron chi connectivity index (χ0n) is 19.2. The van der Waals surface area contributed by atoms with Crippen LogP contribution in [0.1, 0.15) is 18.4 Å². The molecule has 34 heavy (non-hydrogen) atoms. The second-order valence-corrected chi connectivity index (χ2v) is 9.88. The first kappa shape index (κ1) is 24.7. The number of hydrogen-bond donors (Lipinski definition) is 1. The molecule has 4 rings (SSSR count). The van der Waals surface area contributed by atoms with Gasteiger partial charge in [-0.2, -0.15) is 0 Å². The topological polar surface area (TPSA) is 74.2 Å². The van der Waals surface area contributed by atoms with Crippen LogP contribution in [0.15, 0.2) is 53.5 Å². The molecule has 2 aromatic carbocycles. The van der Waals surface area contributed by atoms with Crippen molar-refractivity contribution in [3.05, 3.63) is 59.1 Å². The Morgan fingerprint density at radius 3 is 2.68 bits per heavy atom. The van der Waals surface area contributed by atoms with Crippen LogP contribution in [0.5, 0.6) is 0 Å². The molecule has 0 saturated carbocycles. The Morgan fingerprint density at radius 2 is 1.91 bits per heavy atom. The molecule has 0 radical (unpaired) electrons. The van der Waals surface area contributed by atoms with Crippen LogP contribution in [0.4, 0.5) is 11.4 Å². The van der Waals surface area contributed by atoms with Gasteiger partial charge in [-0.05, 0) is 43.2 Å². The molecular weight excluding hydrogens is 472 g/mol. The largest absolute Gasteiger partial charge is 0.379 e. The zero-order valence-corrected chi connectivity index (χ0v) is 20.8. The van der Waals surface area contributed by atoms with Gasteiger partial charge in [-0.15, -0.1) is 0 Å². The Morgan fingerprint density at radius 1 is 1.15 bits per heavy atom. The Kier molecular flexibility index (Phi) is 8.61. The maximum Gasteiger partial charge on any atom is 0.242 e. The maximum absolute atomic E-state index is 13.3. The van der Waals surface area contributed by atoms with E-state index in [9.17, 15) is 9.59 Å². The van der Waals surface area contributed by atoms with Crippen molar-refractivity contribution in [2.24, 2.45) is 4.99 Å². The van der Waals surface area contributed by atoms with E-state index in [1.807, 2.05) is 43.3 Å². The number of ether oxygens (including phenoxy) is 1. The van der Waals surface area contributed by atoms with E-state index in [1.165, 1.54) is 11.8 Å². The highest BCUT2D eigenvalue weighted by atomic mass is 35.5. The number of thioether (sulfide) groups is 1. The fourth-order valence-corrected chi connectivity index (χ4v) is 5.29. The normalized spacial score (nSPS) is 20.2. The average molecular weight is 501 g/mol. The van der Waals surface area contributed by atoms with Crippen molar-refractivity contribution in [3.63, 3.8) is 0 Å². The lowest BCUT2D eigenvalue weighted by molar-refractivity contribution is -0.128. The summed E-state index contributed by atoms with van der Waals surface area (Å²) in [6, 6.07) is 15.0. The molecule has 0 bridgehead atoms. The van der Waals surface area contributed by atoms with E-state index in [4.69, 9.17) is 21.3 Å². The monoisotopic (exact) mass is 500 g/mol. The van der Waals surface area contributed by atoms with Crippen LogP contribution in [0.3, 0.4) is 0 Å². The van der Waals surface area contributed by atoms with Crippen molar-refractivity contribution in [1.82, 2.24) is 9.80 Å². The molecule has 180 valence electrons. The second-order valence-electron chi connectivity index (χ2n) is 8.30. The van der Waals surface area contributed by atoms with Crippen LogP contribution in [-0.2, 0) is 14.3 Å². The number of amidine groups is 1. The molecule has 0 spiro atoms. The lowest BCUT2D eigenvalue weighted by Crippen LogP contribution is -2.39. The third kappa shape index (κ3) is 6.39. The van der Waals surface area contributed by atoms with Gasteiger partial charge in [0.2, 0.25) is 11.8 Å². The number of aliphatic imine (C=N–C) groups is 1. The first-order chi connectivity index (χ1) is 16.5. The summed E-state index contributed by atoms with van der Waals surface area (Å²) in [5.41, 5.74) is 2.25. The minimum atomic E-state index is -0.509. The highest BCUT2D eigenvalue weighted by Gasteiger charge is 2.39. The number of morpholine rings is 1. The Balaban J connectivity index is 1.43. The van der Waals surface area contributed by atoms with Gasteiger partial charge in [0.05, 0.1) is 18.9 Å². The lowest BCUT2D eigenvalue weighted by atomic mass is 10.2. The van der Waals surface area contributed by atoms with Crippen LogP contribution >= 0.6 is 23.4 Å². The summed E-state index contributed by atoms with van der Waals surface area (Å²) in [5.74, 6) is -0.287. The lowest BCUT2D eigenvalue weighted by Gasteiger charge is -2.27. The van der Waals surface area contributed by atoms with Crippen LogP contribution in [0.2, 0.25) is 5.02 Å². The first-order valence-corrected chi connectivity index (χ1v) is 12.7. The van der Waals surface area contributed by atoms with E-state index >= 15 is 0 Å². The Labute approximate surface area is 209 Å². The molecule has 0 aliphatic carbocycles.